The monoisotopic (exact) mass is 651 g/mol. The van der Waals surface area contributed by atoms with Crippen LogP contribution in [0.1, 0.15) is 11.3 Å². The second kappa shape index (κ2) is 13.7. The summed E-state index contributed by atoms with van der Waals surface area (Å²) in [6.07, 6.45) is 12.0. The number of nitrogens with zero attached hydrogens (tertiary/aromatic N) is 1. The molecule has 5 aromatic carbocycles. The first kappa shape index (κ1) is 29.9. The molecule has 1 aliphatic rings. The van der Waals surface area contributed by atoms with Gasteiger partial charge in [0.1, 0.15) is 0 Å². The van der Waals surface area contributed by atoms with Crippen LogP contribution in [-0.4, -0.2) is 0 Å². The number of hydrogen-bond acceptors (Lipinski definition) is 3. The highest BCUT2D eigenvalue weighted by atomic mass is 32.1. The number of allylic oxidation sites excluding steroid dienone is 6. The Kier molecular flexibility index (Phi) is 8.54. The molecule has 0 amide bonds. The van der Waals surface area contributed by atoms with Gasteiger partial charge in [0.25, 0.3) is 0 Å². The summed E-state index contributed by atoms with van der Waals surface area (Å²) in [4.78, 5) is 7.46. The van der Waals surface area contributed by atoms with Gasteiger partial charge in [-0.15, -0.1) is 22.7 Å². The second-order valence-electron chi connectivity index (χ2n) is 11.7. The van der Waals surface area contributed by atoms with Crippen molar-refractivity contribution in [3.63, 3.8) is 0 Å². The second-order valence-corrected chi connectivity index (χ2v) is 13.9. The molecule has 0 saturated heterocycles. The Bertz CT molecular complexity index is 2220. The molecule has 0 N–H and O–H groups in total. The lowest BCUT2D eigenvalue weighted by atomic mass is 10.0. The summed E-state index contributed by atoms with van der Waals surface area (Å²) in [5.74, 6) is 0. The van der Waals surface area contributed by atoms with E-state index in [4.69, 9.17) is 0 Å². The highest BCUT2D eigenvalue weighted by Gasteiger charge is 2.15. The lowest BCUT2D eigenvalue weighted by molar-refractivity contribution is 1.28. The normalized spacial score (nSPS) is 12.5. The molecule has 0 saturated carbocycles. The van der Waals surface area contributed by atoms with Crippen molar-refractivity contribution in [1.29, 1.82) is 0 Å². The van der Waals surface area contributed by atoms with Gasteiger partial charge in [-0.25, -0.2) is 0 Å². The van der Waals surface area contributed by atoms with Gasteiger partial charge in [0.05, 0.1) is 0 Å². The molecule has 1 aliphatic carbocycles. The summed E-state index contributed by atoms with van der Waals surface area (Å²) in [7, 11) is 0. The lowest BCUT2D eigenvalue weighted by Gasteiger charge is -2.26. The highest BCUT2D eigenvalue weighted by Crippen LogP contribution is 2.40. The Morgan fingerprint density at radius 1 is 0.375 bits per heavy atom. The Morgan fingerprint density at radius 2 is 0.792 bits per heavy atom. The minimum atomic E-state index is 0.983. The molecule has 0 spiro atoms. The van der Waals surface area contributed by atoms with E-state index in [1.165, 1.54) is 52.9 Å². The van der Waals surface area contributed by atoms with Crippen LogP contribution >= 0.6 is 22.7 Å². The van der Waals surface area contributed by atoms with Gasteiger partial charge in [0, 0.05) is 36.6 Å². The Balaban J connectivity index is 1.11. The Morgan fingerprint density at radius 3 is 1.33 bits per heavy atom. The molecule has 0 aliphatic heterocycles. The van der Waals surface area contributed by atoms with Crippen molar-refractivity contribution in [3.05, 3.63) is 193 Å². The van der Waals surface area contributed by atoms with Crippen molar-refractivity contribution < 1.29 is 0 Å². The number of hydrogen-bond donors (Lipinski definition) is 0. The zero-order chi connectivity index (χ0) is 32.1. The van der Waals surface area contributed by atoms with Gasteiger partial charge in [-0.1, -0.05) is 127 Å². The van der Waals surface area contributed by atoms with Crippen LogP contribution in [0.15, 0.2) is 188 Å². The van der Waals surface area contributed by atoms with Crippen LogP contribution in [0.5, 0.6) is 0 Å². The van der Waals surface area contributed by atoms with Crippen molar-refractivity contribution in [3.8, 4) is 42.4 Å². The van der Waals surface area contributed by atoms with E-state index < -0.39 is 0 Å². The summed E-state index contributed by atoms with van der Waals surface area (Å²) in [5.41, 5.74) is 10.8. The van der Waals surface area contributed by atoms with Gasteiger partial charge in [0.15, 0.2) is 0 Å². The molecule has 8 rings (SSSR count). The van der Waals surface area contributed by atoms with Crippen molar-refractivity contribution in [2.24, 2.45) is 0 Å². The molecule has 0 fully saturated rings. The van der Waals surface area contributed by atoms with E-state index >= 15 is 0 Å². The summed E-state index contributed by atoms with van der Waals surface area (Å²) in [6.45, 7) is 0. The molecule has 0 bridgehead atoms. The van der Waals surface area contributed by atoms with Gasteiger partial charge in [0.2, 0.25) is 0 Å². The first-order chi connectivity index (χ1) is 23.8. The summed E-state index contributed by atoms with van der Waals surface area (Å²) < 4.78 is 0. The van der Waals surface area contributed by atoms with E-state index in [9.17, 15) is 0 Å². The maximum absolute atomic E-state index is 2.35. The zero-order valence-corrected chi connectivity index (χ0v) is 28.0. The molecule has 1 nitrogen and oxygen atoms in total. The van der Waals surface area contributed by atoms with Crippen LogP contribution in [0.2, 0.25) is 0 Å². The average molecular weight is 652 g/mol. The van der Waals surface area contributed by atoms with Crippen LogP contribution in [0.25, 0.3) is 48.0 Å². The minimum Gasteiger partial charge on any atom is -0.311 e. The van der Waals surface area contributed by atoms with Gasteiger partial charge >= 0.3 is 0 Å². The molecule has 2 aromatic heterocycles. The zero-order valence-electron chi connectivity index (χ0n) is 26.4. The van der Waals surface area contributed by atoms with E-state index in [1.54, 1.807) is 0 Å². The summed E-state index contributed by atoms with van der Waals surface area (Å²) in [6, 6.07) is 56.9. The lowest BCUT2D eigenvalue weighted by Crippen LogP contribution is -2.09. The SMILES string of the molecule is C1=CCC=CC(c2ccc(-c3ccc(N(c4ccc(-c5ccccc5)cc4)c4ccc(-c5ccc(-c6ccccc6)s5)cc4)cc3)s2)=C1. The molecule has 48 heavy (non-hydrogen) atoms. The Hall–Kier alpha value is -5.48. The fraction of sp³-hybridized carbons (Fsp3) is 0.0222. The van der Waals surface area contributed by atoms with E-state index in [2.05, 4.69) is 193 Å². The molecular formula is C45H33NS2. The molecule has 0 unspecified atom stereocenters. The van der Waals surface area contributed by atoms with E-state index in [-0.39, 0.29) is 0 Å². The van der Waals surface area contributed by atoms with Crippen LogP contribution in [-0.2, 0) is 0 Å². The number of anilines is 3. The first-order valence-corrected chi connectivity index (χ1v) is 17.9. The van der Waals surface area contributed by atoms with Crippen LogP contribution < -0.4 is 4.90 Å². The molecule has 0 atom stereocenters. The first-order valence-electron chi connectivity index (χ1n) is 16.2. The third kappa shape index (κ3) is 6.39. The predicted molar refractivity (Wildman–Crippen MR) is 209 cm³/mol. The summed E-state index contributed by atoms with van der Waals surface area (Å²) in [5, 5.41) is 0. The quantitative estimate of drug-likeness (QED) is 0.158. The molecule has 2 heterocycles. The predicted octanol–water partition coefficient (Wildman–Crippen LogP) is 13.8. The molecule has 0 radical (unpaired) electrons. The molecule has 230 valence electrons. The van der Waals surface area contributed by atoms with Crippen LogP contribution in [0.3, 0.4) is 0 Å². The average Bonchev–Trinajstić information content (AvgIpc) is 3.78. The fourth-order valence-electron chi connectivity index (χ4n) is 6.07. The van der Waals surface area contributed by atoms with E-state index in [1.807, 2.05) is 22.7 Å². The largest absolute Gasteiger partial charge is 0.311 e. The summed E-state index contributed by atoms with van der Waals surface area (Å²) >= 11 is 3.68. The molecular weight excluding hydrogens is 619 g/mol. The third-order valence-electron chi connectivity index (χ3n) is 8.59. The standard InChI is InChI=1S/C45H33NS2/c1-2-6-14-35(13-5-1)42-29-31-44(47-42)37-19-25-40(26-20-37)46(39-23-17-34(18-24-39)33-11-7-3-8-12-33)41-27-21-38(22-28-41)45-32-30-43(48-45)36-15-9-4-10-16-36/h1,3-32H,2H2. The van der Waals surface area contributed by atoms with Gasteiger partial charge in [-0.3, -0.25) is 0 Å². The van der Waals surface area contributed by atoms with Gasteiger partial charge in [-0.2, -0.15) is 0 Å². The maximum atomic E-state index is 2.35. The van der Waals surface area contributed by atoms with Crippen molar-refractivity contribution >= 4 is 45.3 Å². The molecule has 7 aromatic rings. The van der Waals surface area contributed by atoms with E-state index in [0.717, 1.165) is 23.5 Å². The van der Waals surface area contributed by atoms with Crippen LogP contribution in [0, 0.1) is 0 Å². The fourth-order valence-corrected chi connectivity index (χ4v) is 8.11. The molecule has 3 heteroatoms. The smallest absolute Gasteiger partial charge is 0.0462 e. The number of thiophene rings is 2. The van der Waals surface area contributed by atoms with Crippen molar-refractivity contribution in [1.82, 2.24) is 0 Å². The number of benzene rings is 5. The highest BCUT2D eigenvalue weighted by molar-refractivity contribution is 7.18. The van der Waals surface area contributed by atoms with Crippen LogP contribution in [0.4, 0.5) is 17.1 Å². The Labute approximate surface area is 290 Å². The van der Waals surface area contributed by atoms with Gasteiger partial charge in [-0.05, 0) is 100 Å². The maximum Gasteiger partial charge on any atom is 0.0462 e. The van der Waals surface area contributed by atoms with Crippen molar-refractivity contribution in [2.45, 2.75) is 6.42 Å². The van der Waals surface area contributed by atoms with Gasteiger partial charge < -0.3 is 4.90 Å². The minimum absolute atomic E-state index is 0.983. The third-order valence-corrected chi connectivity index (χ3v) is 11.0. The van der Waals surface area contributed by atoms with Crippen molar-refractivity contribution in [2.75, 3.05) is 4.90 Å². The number of rotatable bonds is 8. The topological polar surface area (TPSA) is 3.24 Å². The van der Waals surface area contributed by atoms with E-state index in [0.29, 0.717) is 0 Å².